The van der Waals surface area contributed by atoms with Gasteiger partial charge in [-0.25, -0.2) is 9.78 Å². The number of carboxylic acid groups (broad SMARTS) is 1. The van der Waals surface area contributed by atoms with Crippen LogP contribution in [0.4, 0.5) is 0 Å². The van der Waals surface area contributed by atoms with Crippen molar-refractivity contribution in [3.05, 3.63) is 54.1 Å². The van der Waals surface area contributed by atoms with Crippen molar-refractivity contribution in [2.24, 2.45) is 0 Å². The van der Waals surface area contributed by atoms with Gasteiger partial charge in [-0.2, -0.15) is 0 Å². The molecule has 108 valence electrons. The summed E-state index contributed by atoms with van der Waals surface area (Å²) in [7, 11) is 0. The largest absolute Gasteiger partial charge is 0.508 e. The van der Waals surface area contributed by atoms with Crippen LogP contribution in [-0.2, 0) is 11.2 Å². The van der Waals surface area contributed by atoms with E-state index in [1.54, 1.807) is 12.1 Å². The Bertz CT molecular complexity index is 628. The molecule has 1 aromatic heterocycles. The highest BCUT2D eigenvalue weighted by molar-refractivity contribution is 5.94. The molecule has 2 aromatic rings. The van der Waals surface area contributed by atoms with Crippen LogP contribution in [0.5, 0.6) is 5.75 Å². The monoisotopic (exact) mass is 287 g/mol. The van der Waals surface area contributed by atoms with Crippen LogP contribution in [0.3, 0.4) is 0 Å². The quantitative estimate of drug-likeness (QED) is 0.742. The number of nitrogens with one attached hydrogen (secondary N) is 1. The first-order valence-electron chi connectivity index (χ1n) is 6.14. The summed E-state index contributed by atoms with van der Waals surface area (Å²) in [5.74, 6) is -1.66. The minimum absolute atomic E-state index is 0.0504. The van der Waals surface area contributed by atoms with Crippen molar-refractivity contribution in [3.8, 4) is 5.75 Å². The molecule has 0 aliphatic heterocycles. The zero-order valence-electron chi connectivity index (χ0n) is 10.9. The Balaban J connectivity index is 2.07. The standard InChI is InChI=1S/C14H13N3O4/c18-10-3-1-9(2-4-10)7-11(14(20)21)17-13(19)12-8-15-5-6-16-12/h1-6,8,11,18H,7H2,(H,17,19)(H,20,21). The van der Waals surface area contributed by atoms with Gasteiger partial charge < -0.3 is 15.5 Å². The second-order valence-electron chi connectivity index (χ2n) is 4.33. The maximum absolute atomic E-state index is 11.9. The minimum atomic E-state index is -1.15. The van der Waals surface area contributed by atoms with Crippen LogP contribution in [0.2, 0.25) is 0 Å². The first-order valence-corrected chi connectivity index (χ1v) is 6.14. The molecule has 1 aromatic carbocycles. The molecule has 0 spiro atoms. The molecule has 0 aliphatic rings. The Labute approximate surface area is 120 Å². The minimum Gasteiger partial charge on any atom is -0.508 e. The Morgan fingerprint density at radius 2 is 1.90 bits per heavy atom. The summed E-state index contributed by atoms with van der Waals surface area (Å²) in [6.07, 6.45) is 4.13. The molecule has 1 heterocycles. The molecular weight excluding hydrogens is 274 g/mol. The molecule has 7 nitrogen and oxygen atoms in total. The van der Waals surface area contributed by atoms with E-state index >= 15 is 0 Å². The fourth-order valence-electron chi connectivity index (χ4n) is 1.72. The van der Waals surface area contributed by atoms with Gasteiger partial charge in [0, 0.05) is 18.8 Å². The van der Waals surface area contributed by atoms with Crippen molar-refractivity contribution in [2.75, 3.05) is 0 Å². The number of benzene rings is 1. The normalized spacial score (nSPS) is 11.6. The fourth-order valence-corrected chi connectivity index (χ4v) is 1.72. The van der Waals surface area contributed by atoms with Crippen LogP contribution in [0, 0.1) is 0 Å². The Hall–Kier alpha value is -2.96. The number of phenols is 1. The van der Waals surface area contributed by atoms with Crippen LogP contribution < -0.4 is 5.32 Å². The van der Waals surface area contributed by atoms with Crippen molar-refractivity contribution in [1.29, 1.82) is 0 Å². The molecule has 0 saturated heterocycles. The Morgan fingerprint density at radius 3 is 2.48 bits per heavy atom. The second kappa shape index (κ2) is 6.47. The summed E-state index contributed by atoms with van der Waals surface area (Å²) in [5.41, 5.74) is 0.731. The van der Waals surface area contributed by atoms with Crippen LogP contribution in [0.25, 0.3) is 0 Å². The lowest BCUT2D eigenvalue weighted by atomic mass is 10.1. The lowest BCUT2D eigenvalue weighted by Gasteiger charge is -2.14. The van der Waals surface area contributed by atoms with Gasteiger partial charge in [-0.1, -0.05) is 12.1 Å². The zero-order valence-corrected chi connectivity index (χ0v) is 10.9. The Kier molecular flexibility index (Phi) is 4.45. The summed E-state index contributed by atoms with van der Waals surface area (Å²) in [4.78, 5) is 30.7. The van der Waals surface area contributed by atoms with E-state index in [4.69, 9.17) is 0 Å². The van der Waals surface area contributed by atoms with Crippen molar-refractivity contribution in [2.45, 2.75) is 12.5 Å². The van der Waals surface area contributed by atoms with Crippen LogP contribution in [0.15, 0.2) is 42.9 Å². The molecule has 0 radical (unpaired) electrons. The molecule has 0 fully saturated rings. The second-order valence-corrected chi connectivity index (χ2v) is 4.33. The van der Waals surface area contributed by atoms with Gasteiger partial charge in [0.1, 0.15) is 17.5 Å². The number of carboxylic acids is 1. The molecular formula is C14H13N3O4. The van der Waals surface area contributed by atoms with Crippen molar-refractivity contribution < 1.29 is 19.8 Å². The number of hydrogen-bond donors (Lipinski definition) is 3. The van der Waals surface area contributed by atoms with Gasteiger partial charge in [0.25, 0.3) is 5.91 Å². The number of nitrogens with zero attached hydrogens (tertiary/aromatic N) is 2. The van der Waals surface area contributed by atoms with Crippen molar-refractivity contribution >= 4 is 11.9 Å². The number of phenolic OH excluding ortho intramolecular Hbond substituents is 1. The number of rotatable bonds is 5. The smallest absolute Gasteiger partial charge is 0.326 e. The maximum Gasteiger partial charge on any atom is 0.326 e. The SMILES string of the molecule is O=C(NC(Cc1ccc(O)cc1)C(=O)O)c1cnccn1. The van der Waals surface area contributed by atoms with Crippen molar-refractivity contribution in [1.82, 2.24) is 15.3 Å². The molecule has 1 amide bonds. The number of hydrogen-bond acceptors (Lipinski definition) is 5. The molecule has 3 N–H and O–H groups in total. The topological polar surface area (TPSA) is 112 Å². The van der Waals surface area contributed by atoms with Gasteiger partial charge in [0.15, 0.2) is 0 Å². The number of aliphatic carboxylic acids is 1. The number of carbonyl (C=O) groups is 2. The molecule has 1 atom stereocenters. The number of amides is 1. The third-order valence-electron chi connectivity index (χ3n) is 2.78. The van der Waals surface area contributed by atoms with Gasteiger partial charge in [0.2, 0.25) is 0 Å². The summed E-state index contributed by atoms with van der Waals surface area (Å²) in [6.45, 7) is 0. The highest BCUT2D eigenvalue weighted by Gasteiger charge is 2.21. The predicted molar refractivity (Wildman–Crippen MR) is 72.7 cm³/mol. The lowest BCUT2D eigenvalue weighted by molar-refractivity contribution is -0.139. The molecule has 7 heteroatoms. The van der Waals surface area contributed by atoms with Crippen LogP contribution in [-0.4, -0.2) is 38.1 Å². The average Bonchev–Trinajstić information content (AvgIpc) is 2.49. The first-order chi connectivity index (χ1) is 10.1. The fraction of sp³-hybridized carbons (Fsp3) is 0.143. The van der Waals surface area contributed by atoms with E-state index < -0.39 is 17.9 Å². The zero-order chi connectivity index (χ0) is 15.2. The van der Waals surface area contributed by atoms with E-state index in [-0.39, 0.29) is 17.9 Å². The first kappa shape index (κ1) is 14.4. The summed E-state index contributed by atoms with van der Waals surface area (Å²) in [6, 6.07) is 5.01. The summed E-state index contributed by atoms with van der Waals surface area (Å²) < 4.78 is 0. The maximum atomic E-state index is 11.9. The van der Waals surface area contributed by atoms with E-state index in [0.29, 0.717) is 5.56 Å². The average molecular weight is 287 g/mol. The molecule has 1 unspecified atom stereocenters. The van der Waals surface area contributed by atoms with Crippen LogP contribution >= 0.6 is 0 Å². The highest BCUT2D eigenvalue weighted by Crippen LogP contribution is 2.11. The Morgan fingerprint density at radius 1 is 1.19 bits per heavy atom. The molecule has 2 rings (SSSR count). The van der Waals surface area contributed by atoms with Crippen LogP contribution in [0.1, 0.15) is 16.1 Å². The van der Waals surface area contributed by atoms with E-state index in [9.17, 15) is 19.8 Å². The highest BCUT2D eigenvalue weighted by atomic mass is 16.4. The third kappa shape index (κ3) is 4.00. The van der Waals surface area contributed by atoms with Gasteiger partial charge in [-0.3, -0.25) is 9.78 Å². The van der Waals surface area contributed by atoms with E-state index in [1.165, 1.54) is 30.7 Å². The molecule has 0 bridgehead atoms. The lowest BCUT2D eigenvalue weighted by Crippen LogP contribution is -2.42. The van der Waals surface area contributed by atoms with E-state index in [1.807, 2.05) is 0 Å². The number of aromatic hydroxyl groups is 1. The number of aromatic nitrogens is 2. The summed E-state index contributed by atoms with van der Waals surface area (Å²) >= 11 is 0. The van der Waals surface area contributed by atoms with E-state index in [2.05, 4.69) is 15.3 Å². The van der Waals surface area contributed by atoms with Gasteiger partial charge in [0.05, 0.1) is 6.20 Å². The molecule has 0 saturated carbocycles. The predicted octanol–water partition coefficient (Wildman–Crippen LogP) is 0.608. The molecule has 0 aliphatic carbocycles. The van der Waals surface area contributed by atoms with E-state index in [0.717, 1.165) is 0 Å². The van der Waals surface area contributed by atoms with Gasteiger partial charge in [-0.05, 0) is 17.7 Å². The third-order valence-corrected chi connectivity index (χ3v) is 2.78. The number of carbonyl (C=O) groups excluding carboxylic acids is 1. The molecule has 21 heavy (non-hydrogen) atoms. The summed E-state index contributed by atoms with van der Waals surface area (Å²) in [5, 5.41) is 20.8. The van der Waals surface area contributed by atoms with Crippen molar-refractivity contribution in [3.63, 3.8) is 0 Å². The van der Waals surface area contributed by atoms with Gasteiger partial charge >= 0.3 is 5.97 Å². The van der Waals surface area contributed by atoms with Gasteiger partial charge in [-0.15, -0.1) is 0 Å².